The van der Waals surface area contributed by atoms with Crippen molar-refractivity contribution in [3.8, 4) is 0 Å². The molecule has 0 N–H and O–H groups in total. The van der Waals surface area contributed by atoms with Gasteiger partial charge in [0, 0.05) is 0 Å². The molecule has 0 fully saturated rings. The van der Waals surface area contributed by atoms with Crippen LogP contribution in [-0.2, 0) is 13.9 Å². The molecule has 0 bridgehead atoms. The van der Waals surface area contributed by atoms with E-state index in [-0.39, 0.29) is 5.97 Å². The molecule has 0 unspecified atom stereocenters. The number of hydrogen-bond donors (Lipinski definition) is 0. The fraction of sp³-hybridized carbons (Fsp3) is 0.900. The Morgan fingerprint density at radius 3 is 2.00 bits per heavy atom. The number of carbonyl (C=O) groups excluding carboxylic acids is 1. The number of hydrogen-bond acceptors (Lipinski definition) is 3. The standard InChI is InChI=1S/C10H19O3P/c1-4-7-10(6-3,8-5-2)9(11)13-14-12/h4-8H2,1-3H3. The molecule has 0 aliphatic heterocycles. The maximum Gasteiger partial charge on any atom is 0.398 e. The van der Waals surface area contributed by atoms with Gasteiger partial charge in [0.25, 0.3) is 0 Å². The molecule has 4 heteroatoms. The fourth-order valence-corrected chi connectivity index (χ4v) is 2.18. The maximum absolute atomic E-state index is 11.6. The summed E-state index contributed by atoms with van der Waals surface area (Å²) in [6, 6.07) is 0. The monoisotopic (exact) mass is 218 g/mol. The van der Waals surface area contributed by atoms with Crippen LogP contribution in [0.1, 0.15) is 52.9 Å². The average Bonchev–Trinajstić information content (AvgIpc) is 2.17. The van der Waals surface area contributed by atoms with Crippen LogP contribution in [0.5, 0.6) is 0 Å². The number of rotatable bonds is 7. The molecular formula is C10H19O3P. The predicted octanol–water partition coefficient (Wildman–Crippen LogP) is 3.73. The molecule has 0 aromatic carbocycles. The van der Waals surface area contributed by atoms with E-state index in [1.54, 1.807) is 0 Å². The molecule has 0 saturated carbocycles. The molecule has 0 aromatic rings. The van der Waals surface area contributed by atoms with E-state index in [1.807, 2.05) is 20.8 Å². The third kappa shape index (κ3) is 3.38. The highest BCUT2D eigenvalue weighted by Crippen LogP contribution is 2.35. The molecule has 0 aliphatic rings. The van der Waals surface area contributed by atoms with E-state index >= 15 is 0 Å². The van der Waals surface area contributed by atoms with Crippen molar-refractivity contribution in [3.63, 3.8) is 0 Å². The third-order valence-electron chi connectivity index (χ3n) is 2.69. The Balaban J connectivity index is 4.61. The minimum absolute atomic E-state index is 0.319. The lowest BCUT2D eigenvalue weighted by atomic mass is 9.77. The summed E-state index contributed by atoms with van der Waals surface area (Å²) in [5.41, 5.74) is -0.416. The predicted molar refractivity (Wildman–Crippen MR) is 56.2 cm³/mol. The highest BCUT2D eigenvalue weighted by atomic mass is 31.1. The van der Waals surface area contributed by atoms with E-state index in [2.05, 4.69) is 4.52 Å². The molecule has 0 rings (SSSR count). The molecule has 0 spiro atoms. The summed E-state index contributed by atoms with van der Waals surface area (Å²) in [6.07, 6.45) is 4.26. The summed E-state index contributed by atoms with van der Waals surface area (Å²) in [5, 5.41) is 0. The normalized spacial score (nSPS) is 11.6. The van der Waals surface area contributed by atoms with Gasteiger partial charge in [-0.05, 0) is 19.3 Å². The summed E-state index contributed by atoms with van der Waals surface area (Å²) in [6.45, 7) is 6.07. The minimum Gasteiger partial charge on any atom is -0.372 e. The first-order valence-electron chi connectivity index (χ1n) is 5.21. The zero-order valence-electron chi connectivity index (χ0n) is 9.21. The Kier molecular flexibility index (Phi) is 6.73. The summed E-state index contributed by atoms with van der Waals surface area (Å²) < 4.78 is 14.8. The second-order valence-corrected chi connectivity index (χ2v) is 3.92. The van der Waals surface area contributed by atoms with Crippen LogP contribution in [0.4, 0.5) is 0 Å². The minimum atomic E-state index is -0.536. The van der Waals surface area contributed by atoms with Crippen LogP contribution in [0, 0.1) is 5.41 Å². The molecule has 0 saturated heterocycles. The molecule has 0 radical (unpaired) electrons. The Hall–Kier alpha value is -0.430. The lowest BCUT2D eigenvalue weighted by Gasteiger charge is -2.28. The van der Waals surface area contributed by atoms with Crippen molar-refractivity contribution >= 4 is 14.7 Å². The van der Waals surface area contributed by atoms with Gasteiger partial charge in [0.05, 0.1) is 5.41 Å². The van der Waals surface area contributed by atoms with Crippen molar-refractivity contribution in [2.75, 3.05) is 0 Å². The number of carbonyl (C=O) groups is 1. The molecule has 82 valence electrons. The van der Waals surface area contributed by atoms with Crippen molar-refractivity contribution in [2.24, 2.45) is 5.41 Å². The van der Waals surface area contributed by atoms with Crippen LogP contribution in [0.15, 0.2) is 0 Å². The quantitative estimate of drug-likeness (QED) is 0.611. The van der Waals surface area contributed by atoms with Gasteiger partial charge >= 0.3 is 14.7 Å². The lowest BCUT2D eigenvalue weighted by molar-refractivity contribution is -0.146. The lowest BCUT2D eigenvalue weighted by Crippen LogP contribution is -2.30. The maximum atomic E-state index is 11.6. The molecule has 14 heavy (non-hydrogen) atoms. The molecule has 0 heterocycles. The van der Waals surface area contributed by atoms with E-state index in [0.29, 0.717) is 0 Å². The van der Waals surface area contributed by atoms with Crippen molar-refractivity contribution < 1.29 is 13.9 Å². The zero-order chi connectivity index (χ0) is 11.0. The van der Waals surface area contributed by atoms with Gasteiger partial charge in [-0.15, -0.1) is 0 Å². The Labute approximate surface area is 87.5 Å². The van der Waals surface area contributed by atoms with Crippen LogP contribution >= 0.6 is 8.69 Å². The van der Waals surface area contributed by atoms with Crippen molar-refractivity contribution in [2.45, 2.75) is 52.9 Å². The van der Waals surface area contributed by atoms with E-state index in [0.717, 1.165) is 32.1 Å². The molecule has 3 nitrogen and oxygen atoms in total. The molecule has 0 atom stereocenters. The molecule has 0 amide bonds. The van der Waals surface area contributed by atoms with Crippen LogP contribution in [0.25, 0.3) is 0 Å². The van der Waals surface area contributed by atoms with Gasteiger partial charge in [-0.1, -0.05) is 33.6 Å². The second kappa shape index (κ2) is 6.94. The highest BCUT2D eigenvalue weighted by Gasteiger charge is 2.36. The van der Waals surface area contributed by atoms with Crippen molar-refractivity contribution in [3.05, 3.63) is 0 Å². The SMILES string of the molecule is CCCC(CC)(CCC)C(=O)OP=O. The van der Waals surface area contributed by atoms with Gasteiger partial charge in [-0.3, -0.25) is 4.79 Å². The fourth-order valence-electron chi connectivity index (χ4n) is 1.91. The van der Waals surface area contributed by atoms with Crippen LogP contribution < -0.4 is 0 Å². The largest absolute Gasteiger partial charge is 0.398 e. The van der Waals surface area contributed by atoms with Crippen molar-refractivity contribution in [1.82, 2.24) is 0 Å². The summed E-state index contributed by atoms with van der Waals surface area (Å²) in [7, 11) is -0.536. The smallest absolute Gasteiger partial charge is 0.372 e. The van der Waals surface area contributed by atoms with Gasteiger partial charge in [0.1, 0.15) is 0 Å². The Morgan fingerprint density at radius 2 is 1.71 bits per heavy atom. The topological polar surface area (TPSA) is 43.4 Å². The Morgan fingerprint density at radius 1 is 1.21 bits per heavy atom. The van der Waals surface area contributed by atoms with Crippen LogP contribution in [0.2, 0.25) is 0 Å². The van der Waals surface area contributed by atoms with Gasteiger partial charge in [0.2, 0.25) is 0 Å². The first-order chi connectivity index (χ1) is 6.66. The first kappa shape index (κ1) is 13.6. The first-order valence-corrected chi connectivity index (χ1v) is 5.94. The molecule has 0 aromatic heterocycles. The summed E-state index contributed by atoms with van der Waals surface area (Å²) in [5.74, 6) is -0.319. The summed E-state index contributed by atoms with van der Waals surface area (Å²) >= 11 is 0. The highest BCUT2D eigenvalue weighted by molar-refractivity contribution is 7.18. The summed E-state index contributed by atoms with van der Waals surface area (Å²) in [4.78, 5) is 11.6. The second-order valence-electron chi connectivity index (χ2n) is 3.59. The Bertz CT molecular complexity index is 186. The van der Waals surface area contributed by atoms with Gasteiger partial charge in [0.15, 0.2) is 0 Å². The van der Waals surface area contributed by atoms with E-state index < -0.39 is 14.1 Å². The van der Waals surface area contributed by atoms with Crippen LogP contribution in [0.3, 0.4) is 0 Å². The molecule has 0 aliphatic carbocycles. The van der Waals surface area contributed by atoms with E-state index in [4.69, 9.17) is 0 Å². The van der Waals surface area contributed by atoms with E-state index in [1.165, 1.54) is 0 Å². The van der Waals surface area contributed by atoms with Crippen LogP contribution in [-0.4, -0.2) is 5.97 Å². The average molecular weight is 218 g/mol. The third-order valence-corrected chi connectivity index (χ3v) is 2.93. The van der Waals surface area contributed by atoms with Gasteiger partial charge in [-0.25, -0.2) is 4.57 Å². The van der Waals surface area contributed by atoms with E-state index in [9.17, 15) is 9.36 Å². The van der Waals surface area contributed by atoms with Crippen molar-refractivity contribution in [1.29, 1.82) is 0 Å². The molecular weight excluding hydrogens is 199 g/mol. The zero-order valence-corrected chi connectivity index (χ0v) is 10.1. The van der Waals surface area contributed by atoms with Gasteiger partial charge in [-0.2, -0.15) is 0 Å². The van der Waals surface area contributed by atoms with Gasteiger partial charge < -0.3 is 4.52 Å².